The van der Waals surface area contributed by atoms with Crippen LogP contribution in [0.2, 0.25) is 0 Å². The highest BCUT2D eigenvalue weighted by atomic mass is 32.2. The Hall–Kier alpha value is -2.68. The number of carbonyl (C=O) groups excluding carboxylic acids is 2. The number of amides is 2. The average Bonchev–Trinajstić information content (AvgIpc) is 3.51. The highest BCUT2D eigenvalue weighted by Gasteiger charge is 2.38. The topological polar surface area (TPSA) is 89.9 Å². The molecule has 1 fully saturated rings. The highest BCUT2D eigenvalue weighted by molar-refractivity contribution is 8.03. The van der Waals surface area contributed by atoms with Crippen molar-refractivity contribution in [1.82, 2.24) is 10.2 Å². The zero-order valence-electron chi connectivity index (χ0n) is 19.7. The van der Waals surface area contributed by atoms with Gasteiger partial charge in [0.15, 0.2) is 12.2 Å². The number of aliphatic hydroxyl groups excluding tert-OH is 2. The van der Waals surface area contributed by atoms with E-state index in [-0.39, 0.29) is 17.1 Å². The van der Waals surface area contributed by atoms with Crippen LogP contribution in [-0.2, 0) is 16.0 Å². The number of rotatable bonds is 8. The van der Waals surface area contributed by atoms with Crippen molar-refractivity contribution in [3.63, 3.8) is 0 Å². The van der Waals surface area contributed by atoms with Crippen LogP contribution in [0.4, 0.5) is 4.39 Å². The molecule has 2 unspecified atom stereocenters. The van der Waals surface area contributed by atoms with Gasteiger partial charge in [-0.1, -0.05) is 47.5 Å². The first-order chi connectivity index (χ1) is 16.8. The van der Waals surface area contributed by atoms with Crippen LogP contribution in [0.3, 0.4) is 0 Å². The number of hydrogen-bond donors (Lipinski definition) is 3. The fraction of sp³-hybridized carbons (Fsp3) is 0.407. The molecule has 1 saturated heterocycles. The monoisotopic (exact) mass is 498 g/mol. The third-order valence-corrected chi connectivity index (χ3v) is 7.71. The second-order valence-electron chi connectivity index (χ2n) is 9.28. The molecule has 186 valence electrons. The highest BCUT2D eigenvalue weighted by Crippen LogP contribution is 2.33. The standard InChI is InChI=1S/C27H31FN2O4S/c1-17-5-2-7-20(11-17)23-9-4-10-30(23)27(34)25(32)24(31)26(33)29-15-22-14-19(16-35-22)12-18-6-3-8-21(28)13-18/h2-3,5-8,11,13,16,22-25,31-32H,4,9-10,12,14-15H2,1H3,(H,29,33)/t22?,23?,24-,25-/m1/s1. The summed E-state index contributed by atoms with van der Waals surface area (Å²) < 4.78 is 13.4. The average molecular weight is 499 g/mol. The fourth-order valence-electron chi connectivity index (χ4n) is 4.75. The molecule has 2 aliphatic heterocycles. The van der Waals surface area contributed by atoms with Crippen molar-refractivity contribution in [1.29, 1.82) is 0 Å². The van der Waals surface area contributed by atoms with Gasteiger partial charge in [0.25, 0.3) is 11.8 Å². The van der Waals surface area contributed by atoms with Crippen LogP contribution in [0.25, 0.3) is 0 Å². The Labute approximate surface area is 209 Å². The quantitative estimate of drug-likeness (QED) is 0.520. The molecule has 2 aromatic rings. The molecule has 35 heavy (non-hydrogen) atoms. The molecule has 0 bridgehead atoms. The Morgan fingerprint density at radius 3 is 2.74 bits per heavy atom. The smallest absolute Gasteiger partial charge is 0.255 e. The molecular weight excluding hydrogens is 467 g/mol. The predicted octanol–water partition coefficient (Wildman–Crippen LogP) is 3.27. The number of benzene rings is 2. The Morgan fingerprint density at radius 2 is 1.97 bits per heavy atom. The van der Waals surface area contributed by atoms with Crippen molar-refractivity contribution in [2.24, 2.45) is 0 Å². The fourth-order valence-corrected chi connectivity index (χ4v) is 5.80. The first-order valence-corrected chi connectivity index (χ1v) is 12.8. The number of thioether (sulfide) groups is 1. The van der Waals surface area contributed by atoms with Crippen molar-refractivity contribution in [3.8, 4) is 0 Å². The van der Waals surface area contributed by atoms with Gasteiger partial charge >= 0.3 is 0 Å². The Kier molecular flexibility index (Phi) is 8.26. The summed E-state index contributed by atoms with van der Waals surface area (Å²) >= 11 is 1.57. The predicted molar refractivity (Wildman–Crippen MR) is 134 cm³/mol. The van der Waals surface area contributed by atoms with Gasteiger partial charge < -0.3 is 20.4 Å². The molecule has 3 N–H and O–H groups in total. The van der Waals surface area contributed by atoms with Crippen LogP contribution in [0.5, 0.6) is 0 Å². The number of allylic oxidation sites excluding steroid dienone is 1. The number of nitrogens with zero attached hydrogens (tertiary/aromatic N) is 1. The molecule has 2 aromatic carbocycles. The zero-order valence-corrected chi connectivity index (χ0v) is 20.5. The molecular formula is C27H31FN2O4S. The van der Waals surface area contributed by atoms with E-state index in [4.69, 9.17) is 0 Å². The number of likely N-dealkylation sites (tertiary alicyclic amines) is 1. The summed E-state index contributed by atoms with van der Waals surface area (Å²) in [6.07, 6.45) is -0.726. The second kappa shape index (κ2) is 11.4. The molecule has 4 rings (SSSR count). The van der Waals surface area contributed by atoms with Gasteiger partial charge in [0.05, 0.1) is 6.04 Å². The van der Waals surface area contributed by atoms with Gasteiger partial charge in [-0.25, -0.2) is 4.39 Å². The van der Waals surface area contributed by atoms with Gasteiger partial charge in [-0.2, -0.15) is 0 Å². The molecule has 4 atom stereocenters. The summed E-state index contributed by atoms with van der Waals surface area (Å²) in [7, 11) is 0. The summed E-state index contributed by atoms with van der Waals surface area (Å²) in [4.78, 5) is 27.0. The van der Waals surface area contributed by atoms with Crippen LogP contribution in [0.1, 0.15) is 42.0 Å². The van der Waals surface area contributed by atoms with E-state index in [1.165, 1.54) is 12.1 Å². The minimum Gasteiger partial charge on any atom is -0.380 e. The SMILES string of the molecule is Cc1cccc(C2CCCN2C(=O)[C@H](O)[C@@H](O)C(=O)NCC2CC(Cc3cccc(F)c3)=CS2)c1. The van der Waals surface area contributed by atoms with Crippen molar-refractivity contribution < 1.29 is 24.2 Å². The second-order valence-corrected chi connectivity index (χ2v) is 10.5. The van der Waals surface area contributed by atoms with Crippen LogP contribution < -0.4 is 5.32 Å². The Bertz CT molecular complexity index is 1110. The molecule has 0 aromatic heterocycles. The molecule has 8 heteroatoms. The molecule has 2 heterocycles. The first kappa shape index (κ1) is 25.4. The summed E-state index contributed by atoms with van der Waals surface area (Å²) in [5, 5.41) is 25.7. The zero-order chi connectivity index (χ0) is 24.9. The number of halogens is 1. The number of nitrogens with one attached hydrogen (secondary N) is 1. The first-order valence-electron chi connectivity index (χ1n) is 11.9. The summed E-state index contributed by atoms with van der Waals surface area (Å²) in [6, 6.07) is 14.2. The van der Waals surface area contributed by atoms with Crippen LogP contribution in [0, 0.1) is 12.7 Å². The lowest BCUT2D eigenvalue weighted by molar-refractivity contribution is -0.153. The van der Waals surface area contributed by atoms with Gasteiger partial charge in [0, 0.05) is 18.3 Å². The van der Waals surface area contributed by atoms with E-state index < -0.39 is 24.0 Å². The van der Waals surface area contributed by atoms with Crippen LogP contribution >= 0.6 is 11.8 Å². The lowest BCUT2D eigenvalue weighted by Gasteiger charge is -2.29. The van der Waals surface area contributed by atoms with Gasteiger partial charge in [0.1, 0.15) is 5.82 Å². The lowest BCUT2D eigenvalue weighted by Crippen LogP contribution is -2.51. The molecule has 0 spiro atoms. The normalized spacial score (nSPS) is 21.5. The minimum atomic E-state index is -1.84. The number of aryl methyl sites for hydroxylation is 1. The van der Waals surface area contributed by atoms with Crippen LogP contribution in [0.15, 0.2) is 59.5 Å². The third kappa shape index (κ3) is 6.31. The number of carbonyl (C=O) groups is 2. The number of hydrogen-bond acceptors (Lipinski definition) is 5. The van der Waals surface area contributed by atoms with Crippen molar-refractivity contribution in [2.45, 2.75) is 56.1 Å². The van der Waals surface area contributed by atoms with E-state index in [9.17, 15) is 24.2 Å². The summed E-state index contributed by atoms with van der Waals surface area (Å²) in [5.41, 5.74) is 4.11. The number of aliphatic hydroxyl groups is 2. The van der Waals surface area contributed by atoms with Gasteiger partial charge in [0.2, 0.25) is 0 Å². The van der Waals surface area contributed by atoms with Gasteiger partial charge in [-0.05, 0) is 61.3 Å². The minimum absolute atomic E-state index is 0.0758. The maximum Gasteiger partial charge on any atom is 0.255 e. The maximum atomic E-state index is 13.4. The lowest BCUT2D eigenvalue weighted by atomic mass is 10.0. The maximum absolute atomic E-state index is 13.4. The molecule has 2 aliphatic rings. The van der Waals surface area contributed by atoms with Gasteiger partial charge in [-0.15, -0.1) is 11.8 Å². The van der Waals surface area contributed by atoms with Gasteiger partial charge in [-0.3, -0.25) is 9.59 Å². The van der Waals surface area contributed by atoms with E-state index in [2.05, 4.69) is 5.32 Å². The van der Waals surface area contributed by atoms with E-state index in [1.807, 2.05) is 42.7 Å². The van der Waals surface area contributed by atoms with E-state index >= 15 is 0 Å². The van der Waals surface area contributed by atoms with E-state index in [0.29, 0.717) is 19.5 Å². The summed E-state index contributed by atoms with van der Waals surface area (Å²) in [6.45, 7) is 2.75. The largest absolute Gasteiger partial charge is 0.380 e. The molecule has 0 radical (unpaired) electrons. The molecule has 0 aliphatic carbocycles. The summed E-state index contributed by atoms with van der Waals surface area (Å²) in [5.74, 6) is -1.67. The van der Waals surface area contributed by atoms with Crippen molar-refractivity contribution in [2.75, 3.05) is 13.1 Å². The Balaban J connectivity index is 1.26. The Morgan fingerprint density at radius 1 is 1.17 bits per heavy atom. The third-order valence-electron chi connectivity index (χ3n) is 6.52. The van der Waals surface area contributed by atoms with Crippen molar-refractivity contribution in [3.05, 3.63) is 82.0 Å². The van der Waals surface area contributed by atoms with E-state index in [1.54, 1.807) is 22.7 Å². The molecule has 2 amide bonds. The van der Waals surface area contributed by atoms with E-state index in [0.717, 1.165) is 41.5 Å². The van der Waals surface area contributed by atoms with Crippen molar-refractivity contribution >= 4 is 23.6 Å². The molecule has 6 nitrogen and oxygen atoms in total. The van der Waals surface area contributed by atoms with Crippen LogP contribution in [-0.4, -0.2) is 57.5 Å². The molecule has 0 saturated carbocycles.